The highest BCUT2D eigenvalue weighted by Crippen LogP contribution is 2.04. The summed E-state index contributed by atoms with van der Waals surface area (Å²) in [5.41, 5.74) is 0. The molecule has 0 unspecified atom stereocenters. The molecule has 2 nitrogen and oxygen atoms in total. The highest BCUT2D eigenvalue weighted by atomic mass is 15.2. The van der Waals surface area contributed by atoms with Crippen LogP contribution in [0.15, 0.2) is 0 Å². The van der Waals surface area contributed by atoms with Crippen molar-refractivity contribution in [3.05, 3.63) is 0 Å². The molecule has 1 fully saturated rings. The summed E-state index contributed by atoms with van der Waals surface area (Å²) in [5.74, 6) is 0.869. The molecule has 0 amide bonds. The third kappa shape index (κ3) is 6.05. The number of nitrogens with one attached hydrogen (secondary N) is 1. The van der Waals surface area contributed by atoms with E-state index < -0.39 is 0 Å². The standard InChI is InChI=1S/C9H20N2.C2H6/c1-3-9(2)8-11-6-4-10-5-7-11;1-2/h9-10H,3-8H2,1-2H3;1-2H3/t9-;/m1./s1. The van der Waals surface area contributed by atoms with E-state index in [1.807, 2.05) is 13.8 Å². The molecule has 1 atom stereocenters. The quantitative estimate of drug-likeness (QED) is 0.725. The summed E-state index contributed by atoms with van der Waals surface area (Å²) in [6, 6.07) is 0. The van der Waals surface area contributed by atoms with Crippen LogP contribution in [0.5, 0.6) is 0 Å². The van der Waals surface area contributed by atoms with Crippen molar-refractivity contribution in [1.29, 1.82) is 0 Å². The van der Waals surface area contributed by atoms with Gasteiger partial charge >= 0.3 is 0 Å². The minimum Gasteiger partial charge on any atom is -0.314 e. The fourth-order valence-corrected chi connectivity index (χ4v) is 1.46. The van der Waals surface area contributed by atoms with Gasteiger partial charge in [0.1, 0.15) is 0 Å². The largest absolute Gasteiger partial charge is 0.314 e. The second kappa shape index (κ2) is 8.52. The van der Waals surface area contributed by atoms with Crippen LogP contribution in [0.4, 0.5) is 0 Å². The van der Waals surface area contributed by atoms with Gasteiger partial charge in [-0.1, -0.05) is 34.1 Å². The molecule has 0 bridgehead atoms. The molecule has 1 N–H and O–H groups in total. The van der Waals surface area contributed by atoms with E-state index >= 15 is 0 Å². The van der Waals surface area contributed by atoms with Crippen LogP contribution in [0.2, 0.25) is 0 Å². The molecule has 1 heterocycles. The lowest BCUT2D eigenvalue weighted by Crippen LogP contribution is -2.44. The van der Waals surface area contributed by atoms with Crippen molar-refractivity contribution in [2.24, 2.45) is 5.92 Å². The van der Waals surface area contributed by atoms with Crippen molar-refractivity contribution in [1.82, 2.24) is 10.2 Å². The van der Waals surface area contributed by atoms with E-state index in [2.05, 4.69) is 24.1 Å². The molecule has 0 radical (unpaired) electrons. The van der Waals surface area contributed by atoms with Gasteiger partial charge in [-0.25, -0.2) is 0 Å². The number of rotatable bonds is 3. The van der Waals surface area contributed by atoms with E-state index in [0.717, 1.165) is 5.92 Å². The van der Waals surface area contributed by atoms with E-state index in [1.54, 1.807) is 0 Å². The van der Waals surface area contributed by atoms with Gasteiger partial charge in [-0.3, -0.25) is 0 Å². The normalized spacial score (nSPS) is 20.3. The Morgan fingerprint density at radius 1 is 1.23 bits per heavy atom. The number of hydrogen-bond donors (Lipinski definition) is 1. The van der Waals surface area contributed by atoms with Gasteiger partial charge in [0, 0.05) is 32.7 Å². The lowest BCUT2D eigenvalue weighted by Gasteiger charge is -2.29. The van der Waals surface area contributed by atoms with Crippen LogP contribution in [0.1, 0.15) is 34.1 Å². The first-order valence-electron chi connectivity index (χ1n) is 5.76. The Morgan fingerprint density at radius 2 is 1.77 bits per heavy atom. The van der Waals surface area contributed by atoms with Crippen molar-refractivity contribution in [2.45, 2.75) is 34.1 Å². The van der Waals surface area contributed by atoms with Gasteiger partial charge in [0.2, 0.25) is 0 Å². The number of hydrogen-bond acceptors (Lipinski definition) is 2. The zero-order valence-corrected chi connectivity index (χ0v) is 9.77. The van der Waals surface area contributed by atoms with Crippen LogP contribution < -0.4 is 5.32 Å². The Morgan fingerprint density at radius 3 is 2.23 bits per heavy atom. The number of nitrogens with zero attached hydrogens (tertiary/aromatic N) is 1. The van der Waals surface area contributed by atoms with Crippen molar-refractivity contribution in [3.63, 3.8) is 0 Å². The van der Waals surface area contributed by atoms with Gasteiger partial charge < -0.3 is 10.2 Å². The predicted octanol–water partition coefficient (Wildman–Crippen LogP) is 1.96. The van der Waals surface area contributed by atoms with Crippen LogP contribution in [0.3, 0.4) is 0 Å². The summed E-state index contributed by atoms with van der Waals surface area (Å²) in [4.78, 5) is 2.56. The molecule has 0 spiro atoms. The summed E-state index contributed by atoms with van der Waals surface area (Å²) in [7, 11) is 0. The van der Waals surface area contributed by atoms with E-state index in [4.69, 9.17) is 0 Å². The molecular formula is C11H26N2. The minimum absolute atomic E-state index is 0.869. The smallest absolute Gasteiger partial charge is 0.0107 e. The van der Waals surface area contributed by atoms with Crippen molar-refractivity contribution in [2.75, 3.05) is 32.7 Å². The zero-order valence-electron chi connectivity index (χ0n) is 9.77. The Labute approximate surface area is 83.7 Å². The third-order valence-corrected chi connectivity index (χ3v) is 2.48. The van der Waals surface area contributed by atoms with Crippen LogP contribution in [-0.2, 0) is 0 Å². The highest BCUT2D eigenvalue weighted by molar-refractivity contribution is 4.69. The second-order valence-electron chi connectivity index (χ2n) is 3.56. The van der Waals surface area contributed by atoms with Crippen molar-refractivity contribution >= 4 is 0 Å². The van der Waals surface area contributed by atoms with Gasteiger partial charge in [0.15, 0.2) is 0 Å². The van der Waals surface area contributed by atoms with Gasteiger partial charge in [0.25, 0.3) is 0 Å². The topological polar surface area (TPSA) is 15.3 Å². The summed E-state index contributed by atoms with van der Waals surface area (Å²) >= 11 is 0. The molecule has 2 heteroatoms. The molecule has 13 heavy (non-hydrogen) atoms. The molecule has 0 saturated carbocycles. The molecule has 1 rings (SSSR count). The van der Waals surface area contributed by atoms with Gasteiger partial charge in [-0.2, -0.15) is 0 Å². The van der Waals surface area contributed by atoms with E-state index in [1.165, 1.54) is 39.1 Å². The maximum atomic E-state index is 3.36. The summed E-state index contributed by atoms with van der Waals surface area (Å²) in [5, 5.41) is 3.36. The lowest BCUT2D eigenvalue weighted by molar-refractivity contribution is 0.209. The molecular weight excluding hydrogens is 160 g/mol. The summed E-state index contributed by atoms with van der Waals surface area (Å²) in [6.07, 6.45) is 1.31. The van der Waals surface area contributed by atoms with Crippen LogP contribution in [0, 0.1) is 5.92 Å². The fourth-order valence-electron chi connectivity index (χ4n) is 1.46. The SMILES string of the molecule is CC.CC[C@@H](C)CN1CCNCC1. The Kier molecular flexibility index (Phi) is 8.46. The molecule has 0 aromatic carbocycles. The highest BCUT2D eigenvalue weighted by Gasteiger charge is 2.11. The molecule has 1 aliphatic heterocycles. The molecule has 0 aliphatic carbocycles. The monoisotopic (exact) mass is 186 g/mol. The van der Waals surface area contributed by atoms with Crippen molar-refractivity contribution < 1.29 is 0 Å². The van der Waals surface area contributed by atoms with Gasteiger partial charge in [0.05, 0.1) is 0 Å². The first kappa shape index (κ1) is 12.9. The van der Waals surface area contributed by atoms with E-state index in [0.29, 0.717) is 0 Å². The summed E-state index contributed by atoms with van der Waals surface area (Å²) in [6.45, 7) is 14.7. The first-order valence-corrected chi connectivity index (χ1v) is 5.76. The minimum atomic E-state index is 0.869. The average Bonchev–Trinajstić information content (AvgIpc) is 2.22. The second-order valence-corrected chi connectivity index (χ2v) is 3.56. The predicted molar refractivity (Wildman–Crippen MR) is 60.1 cm³/mol. The Hall–Kier alpha value is -0.0800. The fraction of sp³-hybridized carbons (Fsp3) is 1.00. The Balaban J connectivity index is 0.000000671. The molecule has 80 valence electrons. The molecule has 0 aromatic heterocycles. The molecule has 1 saturated heterocycles. The first-order chi connectivity index (χ1) is 6.33. The maximum Gasteiger partial charge on any atom is 0.0107 e. The third-order valence-electron chi connectivity index (χ3n) is 2.48. The van der Waals surface area contributed by atoms with Crippen LogP contribution in [-0.4, -0.2) is 37.6 Å². The Bertz CT molecular complexity index is 98.3. The van der Waals surface area contributed by atoms with E-state index in [-0.39, 0.29) is 0 Å². The molecule has 0 aromatic rings. The van der Waals surface area contributed by atoms with Gasteiger partial charge in [-0.05, 0) is 5.92 Å². The molecule has 1 aliphatic rings. The van der Waals surface area contributed by atoms with Gasteiger partial charge in [-0.15, -0.1) is 0 Å². The van der Waals surface area contributed by atoms with Crippen LogP contribution >= 0.6 is 0 Å². The lowest BCUT2D eigenvalue weighted by atomic mass is 10.1. The van der Waals surface area contributed by atoms with Crippen LogP contribution in [0.25, 0.3) is 0 Å². The maximum absolute atomic E-state index is 3.36. The zero-order chi connectivity index (χ0) is 10.1. The average molecular weight is 186 g/mol. The number of piperazine rings is 1. The van der Waals surface area contributed by atoms with Crippen molar-refractivity contribution in [3.8, 4) is 0 Å². The van der Waals surface area contributed by atoms with E-state index in [9.17, 15) is 0 Å². The summed E-state index contributed by atoms with van der Waals surface area (Å²) < 4.78 is 0.